The normalized spacial score (nSPS) is 15.0. The van der Waals surface area contributed by atoms with Gasteiger partial charge in [0.2, 0.25) is 5.91 Å². The first-order valence-corrected chi connectivity index (χ1v) is 14.6. The Balaban J connectivity index is 1.42. The van der Waals surface area contributed by atoms with Crippen molar-refractivity contribution in [1.29, 1.82) is 5.26 Å². The molecular formula is C28H35N5O3S2. The van der Waals surface area contributed by atoms with Crippen molar-refractivity contribution in [3.05, 3.63) is 45.6 Å². The number of thioether (sulfide) groups is 1. The van der Waals surface area contributed by atoms with Crippen LogP contribution in [0.1, 0.15) is 61.5 Å². The molecule has 202 valence electrons. The minimum absolute atomic E-state index is 0.149. The van der Waals surface area contributed by atoms with Crippen molar-refractivity contribution in [1.82, 2.24) is 14.8 Å². The zero-order valence-electron chi connectivity index (χ0n) is 22.9. The van der Waals surface area contributed by atoms with Gasteiger partial charge in [-0.1, -0.05) is 38.6 Å². The standard InChI is InChI=1S/C28H35N5O3S2/c1-7-33-24(13-17-8-11-21(35-5)22(12-17)36-6)31-32-27(33)37-16-25(34)30-26-20(15-29)19-10-9-18(28(2,3)4)14-23(19)38-26/h8,11-12,18H,7,9-10,13-14,16H2,1-6H3,(H,30,34)/t18-/m1/s1. The third-order valence-electron chi connectivity index (χ3n) is 7.11. The minimum atomic E-state index is -0.149. The van der Waals surface area contributed by atoms with Crippen molar-refractivity contribution in [2.24, 2.45) is 11.3 Å². The number of nitrogens with one attached hydrogen (secondary N) is 1. The van der Waals surface area contributed by atoms with Crippen molar-refractivity contribution < 1.29 is 14.3 Å². The molecule has 1 aromatic carbocycles. The van der Waals surface area contributed by atoms with Gasteiger partial charge in [-0.25, -0.2) is 0 Å². The van der Waals surface area contributed by atoms with E-state index in [0.717, 1.165) is 36.2 Å². The molecule has 10 heteroatoms. The lowest BCUT2D eigenvalue weighted by Crippen LogP contribution is -2.26. The largest absolute Gasteiger partial charge is 0.493 e. The van der Waals surface area contributed by atoms with Crippen molar-refractivity contribution in [3.63, 3.8) is 0 Å². The number of anilines is 1. The Kier molecular flexibility index (Phi) is 8.68. The number of carbonyl (C=O) groups is 1. The van der Waals surface area contributed by atoms with Crippen LogP contribution in [0.4, 0.5) is 5.00 Å². The molecule has 1 atom stereocenters. The summed E-state index contributed by atoms with van der Waals surface area (Å²) in [6, 6.07) is 8.13. The number of benzene rings is 1. The average molecular weight is 554 g/mol. The Morgan fingerprint density at radius 1 is 1.26 bits per heavy atom. The van der Waals surface area contributed by atoms with E-state index in [1.807, 2.05) is 29.7 Å². The van der Waals surface area contributed by atoms with Crippen molar-refractivity contribution >= 4 is 34.0 Å². The van der Waals surface area contributed by atoms with Gasteiger partial charge in [-0.15, -0.1) is 21.5 Å². The lowest BCUT2D eigenvalue weighted by atomic mass is 9.72. The fourth-order valence-corrected chi connectivity index (χ4v) is 6.99. The van der Waals surface area contributed by atoms with E-state index in [4.69, 9.17) is 9.47 Å². The van der Waals surface area contributed by atoms with Crippen molar-refractivity contribution in [2.75, 3.05) is 25.3 Å². The predicted molar refractivity (Wildman–Crippen MR) is 151 cm³/mol. The monoisotopic (exact) mass is 553 g/mol. The lowest BCUT2D eigenvalue weighted by Gasteiger charge is -2.33. The van der Waals surface area contributed by atoms with Gasteiger partial charge < -0.3 is 19.4 Å². The number of fused-ring (bicyclic) bond motifs is 1. The van der Waals surface area contributed by atoms with E-state index in [1.54, 1.807) is 25.6 Å². The quantitative estimate of drug-likeness (QED) is 0.338. The topological polar surface area (TPSA) is 102 Å². The molecule has 0 fully saturated rings. The first kappa shape index (κ1) is 28.0. The van der Waals surface area contributed by atoms with Gasteiger partial charge in [0.05, 0.1) is 25.5 Å². The maximum atomic E-state index is 12.9. The Morgan fingerprint density at radius 2 is 2.03 bits per heavy atom. The van der Waals surface area contributed by atoms with Gasteiger partial charge in [0, 0.05) is 17.8 Å². The van der Waals surface area contributed by atoms with Crippen LogP contribution in [-0.2, 0) is 30.6 Å². The highest BCUT2D eigenvalue weighted by molar-refractivity contribution is 7.99. The summed E-state index contributed by atoms with van der Waals surface area (Å²) in [4.78, 5) is 14.1. The van der Waals surface area contributed by atoms with Crippen LogP contribution >= 0.6 is 23.1 Å². The molecular weight excluding hydrogens is 518 g/mol. The molecule has 8 nitrogen and oxygen atoms in total. The smallest absolute Gasteiger partial charge is 0.235 e. The number of rotatable bonds is 9. The maximum absolute atomic E-state index is 12.9. The van der Waals surface area contributed by atoms with Gasteiger partial charge in [-0.2, -0.15) is 5.26 Å². The summed E-state index contributed by atoms with van der Waals surface area (Å²) in [5, 5.41) is 22.9. The van der Waals surface area contributed by atoms with Gasteiger partial charge in [0.1, 0.15) is 16.9 Å². The van der Waals surface area contributed by atoms with Crippen LogP contribution in [0, 0.1) is 22.7 Å². The lowest BCUT2D eigenvalue weighted by molar-refractivity contribution is -0.113. The molecule has 2 heterocycles. The highest BCUT2D eigenvalue weighted by atomic mass is 32.2. The number of nitrogens with zero attached hydrogens (tertiary/aromatic N) is 4. The number of aromatic nitrogens is 3. The fourth-order valence-electron chi connectivity index (χ4n) is 4.87. The Morgan fingerprint density at radius 3 is 2.68 bits per heavy atom. The summed E-state index contributed by atoms with van der Waals surface area (Å²) in [6.07, 6.45) is 3.51. The van der Waals surface area contributed by atoms with Gasteiger partial charge in [0.25, 0.3) is 0 Å². The number of hydrogen-bond donors (Lipinski definition) is 1. The molecule has 0 saturated heterocycles. The van der Waals surface area contributed by atoms with E-state index in [0.29, 0.717) is 46.1 Å². The molecule has 1 amide bonds. The first-order valence-electron chi connectivity index (χ1n) is 12.8. The van der Waals surface area contributed by atoms with E-state index in [2.05, 4.69) is 42.4 Å². The first-order chi connectivity index (χ1) is 18.2. The third kappa shape index (κ3) is 6.00. The predicted octanol–water partition coefficient (Wildman–Crippen LogP) is 5.72. The second-order valence-electron chi connectivity index (χ2n) is 10.5. The summed E-state index contributed by atoms with van der Waals surface area (Å²) in [6.45, 7) is 9.54. The number of methoxy groups -OCH3 is 2. The second-order valence-corrected chi connectivity index (χ2v) is 12.5. The Hall–Kier alpha value is -3.03. The zero-order chi connectivity index (χ0) is 27.4. The van der Waals surface area contributed by atoms with E-state index < -0.39 is 0 Å². The molecule has 1 aliphatic carbocycles. The molecule has 0 bridgehead atoms. The van der Waals surface area contributed by atoms with Crippen LogP contribution in [0.2, 0.25) is 0 Å². The van der Waals surface area contributed by atoms with Crippen molar-refractivity contribution in [2.45, 2.75) is 65.1 Å². The van der Waals surface area contributed by atoms with Gasteiger partial charge in [-0.3, -0.25) is 4.79 Å². The molecule has 2 aromatic heterocycles. The summed E-state index contributed by atoms with van der Waals surface area (Å²) in [5.41, 5.74) is 3.00. The molecule has 1 aliphatic rings. The van der Waals surface area contributed by atoms with E-state index >= 15 is 0 Å². The van der Waals surface area contributed by atoms with E-state index in [1.165, 1.54) is 16.6 Å². The number of hydrogen-bond acceptors (Lipinski definition) is 8. The SMILES string of the molecule is CCn1c(Cc2ccc(OC)c(OC)c2)nnc1SCC(=O)Nc1sc2c(c1C#N)CC[C@@H](C(C)(C)C)C2. The summed E-state index contributed by atoms with van der Waals surface area (Å²) >= 11 is 2.91. The molecule has 0 saturated carbocycles. The zero-order valence-corrected chi connectivity index (χ0v) is 24.5. The van der Waals surface area contributed by atoms with Crippen LogP contribution in [0.3, 0.4) is 0 Å². The molecule has 38 heavy (non-hydrogen) atoms. The average Bonchev–Trinajstić information content (AvgIpc) is 3.45. The van der Waals surface area contributed by atoms with Gasteiger partial charge in [-0.05, 0) is 60.8 Å². The highest BCUT2D eigenvalue weighted by Gasteiger charge is 2.32. The molecule has 3 aromatic rings. The van der Waals surface area contributed by atoms with Gasteiger partial charge >= 0.3 is 0 Å². The Labute approximate surface area is 232 Å². The number of amides is 1. The fraction of sp³-hybridized carbons (Fsp3) is 0.500. The van der Waals surface area contributed by atoms with Crippen LogP contribution in [0.5, 0.6) is 11.5 Å². The van der Waals surface area contributed by atoms with Gasteiger partial charge in [0.15, 0.2) is 16.7 Å². The maximum Gasteiger partial charge on any atom is 0.235 e. The summed E-state index contributed by atoms with van der Waals surface area (Å²) in [7, 11) is 3.23. The van der Waals surface area contributed by atoms with Crippen LogP contribution in [0.25, 0.3) is 0 Å². The van der Waals surface area contributed by atoms with E-state index in [-0.39, 0.29) is 17.1 Å². The number of thiophene rings is 1. The highest BCUT2D eigenvalue weighted by Crippen LogP contribution is 2.44. The van der Waals surface area contributed by atoms with E-state index in [9.17, 15) is 10.1 Å². The molecule has 1 N–H and O–H groups in total. The molecule has 0 unspecified atom stereocenters. The molecule has 0 spiro atoms. The van der Waals surface area contributed by atoms with Crippen LogP contribution < -0.4 is 14.8 Å². The number of carbonyl (C=O) groups excluding carboxylic acids is 1. The number of ether oxygens (including phenoxy) is 2. The van der Waals surface area contributed by atoms with Crippen LogP contribution in [0.15, 0.2) is 23.4 Å². The minimum Gasteiger partial charge on any atom is -0.493 e. The number of nitriles is 1. The second kappa shape index (κ2) is 11.8. The van der Waals surface area contributed by atoms with Crippen LogP contribution in [-0.4, -0.2) is 40.6 Å². The molecule has 0 aliphatic heterocycles. The Bertz CT molecular complexity index is 1350. The summed E-state index contributed by atoms with van der Waals surface area (Å²) in [5.74, 6) is 2.77. The summed E-state index contributed by atoms with van der Waals surface area (Å²) < 4.78 is 12.8. The third-order valence-corrected chi connectivity index (χ3v) is 9.24. The molecule has 4 rings (SSSR count). The van der Waals surface area contributed by atoms with Crippen molar-refractivity contribution in [3.8, 4) is 17.6 Å². The molecule has 0 radical (unpaired) electrons.